The third-order valence-corrected chi connectivity index (χ3v) is 3.54. The standard InChI is InChI=1S/C13H18N2O/c1-15-13(9-12(14)16)8-4-6-10-5-2-3-7-11(10)13/h2-3,5,7,15H,4,6,8-9H2,1H3,(H2,14,16). The second-order valence-electron chi connectivity index (χ2n) is 4.49. The molecule has 86 valence electrons. The number of carbonyl (C=O) groups excluding carboxylic acids is 1. The summed E-state index contributed by atoms with van der Waals surface area (Å²) in [6.07, 6.45) is 3.55. The second kappa shape index (κ2) is 4.26. The van der Waals surface area contributed by atoms with Crippen LogP contribution in [0.2, 0.25) is 0 Å². The van der Waals surface area contributed by atoms with Crippen molar-refractivity contribution in [2.75, 3.05) is 7.05 Å². The van der Waals surface area contributed by atoms with Gasteiger partial charge in [0.05, 0.1) is 5.54 Å². The van der Waals surface area contributed by atoms with Crippen molar-refractivity contribution in [3.05, 3.63) is 35.4 Å². The zero-order chi connectivity index (χ0) is 11.6. The maximum atomic E-state index is 11.2. The van der Waals surface area contributed by atoms with Crippen molar-refractivity contribution in [2.45, 2.75) is 31.2 Å². The molecule has 1 aromatic carbocycles. The smallest absolute Gasteiger partial charge is 0.219 e. The van der Waals surface area contributed by atoms with Gasteiger partial charge in [0.25, 0.3) is 0 Å². The summed E-state index contributed by atoms with van der Waals surface area (Å²) in [5, 5.41) is 3.30. The minimum Gasteiger partial charge on any atom is -0.370 e. The summed E-state index contributed by atoms with van der Waals surface area (Å²) in [4.78, 5) is 11.2. The van der Waals surface area contributed by atoms with Crippen molar-refractivity contribution in [1.29, 1.82) is 0 Å². The van der Waals surface area contributed by atoms with Crippen LogP contribution in [0.1, 0.15) is 30.4 Å². The number of hydrogen-bond donors (Lipinski definition) is 2. The Morgan fingerprint density at radius 2 is 2.25 bits per heavy atom. The Kier molecular flexibility index (Phi) is 2.97. The largest absolute Gasteiger partial charge is 0.370 e. The van der Waals surface area contributed by atoms with Gasteiger partial charge in [0.15, 0.2) is 0 Å². The molecular formula is C13H18N2O. The number of primary amides is 1. The lowest BCUT2D eigenvalue weighted by Gasteiger charge is -2.38. The van der Waals surface area contributed by atoms with Crippen LogP contribution in [-0.2, 0) is 16.8 Å². The van der Waals surface area contributed by atoms with Crippen LogP contribution in [0.25, 0.3) is 0 Å². The monoisotopic (exact) mass is 218 g/mol. The molecule has 1 atom stereocenters. The molecule has 1 aromatic rings. The van der Waals surface area contributed by atoms with E-state index in [9.17, 15) is 4.79 Å². The van der Waals surface area contributed by atoms with Gasteiger partial charge in [-0.15, -0.1) is 0 Å². The lowest BCUT2D eigenvalue weighted by molar-refractivity contribution is -0.119. The highest BCUT2D eigenvalue weighted by Crippen LogP contribution is 2.37. The van der Waals surface area contributed by atoms with Crippen molar-refractivity contribution in [3.8, 4) is 0 Å². The van der Waals surface area contributed by atoms with E-state index in [0.29, 0.717) is 6.42 Å². The highest BCUT2D eigenvalue weighted by atomic mass is 16.1. The van der Waals surface area contributed by atoms with E-state index in [0.717, 1.165) is 19.3 Å². The number of hydrogen-bond acceptors (Lipinski definition) is 2. The Labute approximate surface area is 96.0 Å². The van der Waals surface area contributed by atoms with E-state index in [1.54, 1.807) is 0 Å². The molecule has 0 saturated heterocycles. The molecule has 1 unspecified atom stereocenters. The Hall–Kier alpha value is -1.35. The van der Waals surface area contributed by atoms with Gasteiger partial charge in [0.1, 0.15) is 0 Å². The molecule has 0 aliphatic heterocycles. The first-order valence-corrected chi connectivity index (χ1v) is 5.73. The summed E-state index contributed by atoms with van der Waals surface area (Å²) in [5.74, 6) is -0.244. The summed E-state index contributed by atoms with van der Waals surface area (Å²) in [5.41, 5.74) is 7.69. The molecule has 16 heavy (non-hydrogen) atoms. The van der Waals surface area contributed by atoms with Gasteiger partial charge in [-0.05, 0) is 37.4 Å². The average molecular weight is 218 g/mol. The van der Waals surface area contributed by atoms with Crippen LogP contribution < -0.4 is 11.1 Å². The minimum atomic E-state index is -0.249. The molecule has 0 bridgehead atoms. The number of nitrogens with one attached hydrogen (secondary N) is 1. The van der Waals surface area contributed by atoms with E-state index >= 15 is 0 Å². The van der Waals surface area contributed by atoms with Crippen LogP contribution in [0.15, 0.2) is 24.3 Å². The van der Waals surface area contributed by atoms with Gasteiger partial charge in [-0.25, -0.2) is 0 Å². The van der Waals surface area contributed by atoms with E-state index in [-0.39, 0.29) is 11.4 Å². The SMILES string of the molecule is CNC1(CC(N)=O)CCCc2ccccc21. The number of nitrogens with two attached hydrogens (primary N) is 1. The molecule has 3 N–H and O–H groups in total. The van der Waals surface area contributed by atoms with Crippen molar-refractivity contribution in [3.63, 3.8) is 0 Å². The second-order valence-corrected chi connectivity index (χ2v) is 4.49. The highest BCUT2D eigenvalue weighted by molar-refractivity contribution is 5.75. The Balaban J connectivity index is 2.44. The van der Waals surface area contributed by atoms with Crippen LogP contribution in [0.4, 0.5) is 0 Å². The lowest BCUT2D eigenvalue weighted by Crippen LogP contribution is -2.45. The fourth-order valence-electron chi connectivity index (χ4n) is 2.75. The normalized spacial score (nSPS) is 23.8. The zero-order valence-electron chi connectivity index (χ0n) is 9.62. The first-order chi connectivity index (χ1) is 7.68. The maximum absolute atomic E-state index is 11.2. The van der Waals surface area contributed by atoms with Crippen molar-refractivity contribution in [1.82, 2.24) is 5.32 Å². The maximum Gasteiger partial charge on any atom is 0.219 e. The summed E-state index contributed by atoms with van der Waals surface area (Å²) in [6, 6.07) is 8.32. The van der Waals surface area contributed by atoms with Crippen LogP contribution in [-0.4, -0.2) is 13.0 Å². The van der Waals surface area contributed by atoms with E-state index in [1.165, 1.54) is 11.1 Å². The van der Waals surface area contributed by atoms with Crippen LogP contribution in [0, 0.1) is 0 Å². The van der Waals surface area contributed by atoms with E-state index in [4.69, 9.17) is 5.73 Å². The molecule has 1 amide bonds. The third-order valence-electron chi connectivity index (χ3n) is 3.54. The fraction of sp³-hybridized carbons (Fsp3) is 0.462. The third kappa shape index (κ3) is 1.83. The molecule has 1 aliphatic carbocycles. The number of fused-ring (bicyclic) bond motifs is 1. The summed E-state index contributed by atoms with van der Waals surface area (Å²) >= 11 is 0. The first kappa shape index (κ1) is 11.1. The summed E-state index contributed by atoms with van der Waals surface area (Å²) in [7, 11) is 1.91. The van der Waals surface area contributed by atoms with Gasteiger partial charge in [-0.2, -0.15) is 0 Å². The van der Waals surface area contributed by atoms with Gasteiger partial charge in [-0.3, -0.25) is 4.79 Å². The first-order valence-electron chi connectivity index (χ1n) is 5.73. The van der Waals surface area contributed by atoms with Crippen molar-refractivity contribution >= 4 is 5.91 Å². The van der Waals surface area contributed by atoms with Crippen molar-refractivity contribution in [2.24, 2.45) is 5.73 Å². The van der Waals surface area contributed by atoms with Crippen LogP contribution in [0.5, 0.6) is 0 Å². The molecule has 0 spiro atoms. The number of rotatable bonds is 3. The summed E-state index contributed by atoms with van der Waals surface area (Å²) in [6.45, 7) is 0. The van der Waals surface area contributed by atoms with Gasteiger partial charge >= 0.3 is 0 Å². The van der Waals surface area contributed by atoms with E-state index < -0.39 is 0 Å². The highest BCUT2D eigenvalue weighted by Gasteiger charge is 2.36. The molecule has 0 fully saturated rings. The molecule has 0 saturated carbocycles. The summed E-state index contributed by atoms with van der Waals surface area (Å²) < 4.78 is 0. The predicted molar refractivity (Wildman–Crippen MR) is 63.9 cm³/mol. The van der Waals surface area contributed by atoms with Crippen molar-refractivity contribution < 1.29 is 4.79 Å². The number of aryl methyl sites for hydroxylation is 1. The van der Waals surface area contributed by atoms with Gasteiger partial charge in [0, 0.05) is 6.42 Å². The fourth-order valence-corrected chi connectivity index (χ4v) is 2.75. The molecule has 2 rings (SSSR count). The predicted octanol–water partition coefficient (Wildman–Crippen LogP) is 1.31. The molecule has 1 aliphatic rings. The Morgan fingerprint density at radius 3 is 2.94 bits per heavy atom. The zero-order valence-corrected chi connectivity index (χ0v) is 9.62. The quantitative estimate of drug-likeness (QED) is 0.803. The van der Waals surface area contributed by atoms with Crippen LogP contribution in [0.3, 0.4) is 0 Å². The lowest BCUT2D eigenvalue weighted by atomic mass is 9.74. The number of amides is 1. The van der Waals surface area contributed by atoms with Gasteiger partial charge in [-0.1, -0.05) is 24.3 Å². The Morgan fingerprint density at radius 1 is 1.50 bits per heavy atom. The average Bonchev–Trinajstić information content (AvgIpc) is 2.29. The van der Waals surface area contributed by atoms with E-state index in [1.807, 2.05) is 13.1 Å². The minimum absolute atomic E-state index is 0.244. The van der Waals surface area contributed by atoms with Crippen LogP contribution >= 0.6 is 0 Å². The molecule has 0 aromatic heterocycles. The molecule has 0 radical (unpaired) electrons. The van der Waals surface area contributed by atoms with Gasteiger partial charge in [0.2, 0.25) is 5.91 Å². The molecule has 3 nitrogen and oxygen atoms in total. The molecular weight excluding hydrogens is 200 g/mol. The number of benzene rings is 1. The molecule has 3 heteroatoms. The van der Waals surface area contributed by atoms with Gasteiger partial charge < -0.3 is 11.1 Å². The van der Waals surface area contributed by atoms with E-state index in [2.05, 4.69) is 23.5 Å². The number of carbonyl (C=O) groups is 1. The Bertz CT molecular complexity index is 403. The molecule has 0 heterocycles. The topological polar surface area (TPSA) is 55.1 Å².